The van der Waals surface area contributed by atoms with Gasteiger partial charge in [0.15, 0.2) is 0 Å². The van der Waals surface area contributed by atoms with Crippen molar-refractivity contribution >= 4 is 0 Å². The van der Waals surface area contributed by atoms with E-state index in [1.807, 2.05) is 12.2 Å². The summed E-state index contributed by atoms with van der Waals surface area (Å²) in [6.07, 6.45) is 10.6. The van der Waals surface area contributed by atoms with Crippen LogP contribution in [-0.2, 0) is 0 Å². The molecule has 0 spiro atoms. The summed E-state index contributed by atoms with van der Waals surface area (Å²) in [5, 5.41) is 0. The summed E-state index contributed by atoms with van der Waals surface area (Å²) in [6, 6.07) is 0. The fourth-order valence-corrected chi connectivity index (χ4v) is 2.11. The van der Waals surface area contributed by atoms with E-state index in [9.17, 15) is 0 Å². The molecule has 18 heavy (non-hydrogen) atoms. The van der Waals surface area contributed by atoms with Gasteiger partial charge in [-0.05, 0) is 62.8 Å². The highest BCUT2D eigenvalue weighted by Crippen LogP contribution is 2.29. The van der Waals surface area contributed by atoms with Crippen molar-refractivity contribution in [2.24, 2.45) is 0 Å². The van der Waals surface area contributed by atoms with E-state index in [2.05, 4.69) is 53.0 Å². The summed E-state index contributed by atoms with van der Waals surface area (Å²) in [5.74, 6) is 0. The molecule has 0 heterocycles. The van der Waals surface area contributed by atoms with Crippen molar-refractivity contribution < 1.29 is 0 Å². The Kier molecular flexibility index (Phi) is 5.15. The SMILES string of the molecule is C=C/C1=C/C(=C(C)C)C(=C(C)C)/C=C(/C=C)CC1. The Bertz CT molecular complexity index is 422. The predicted octanol–water partition coefficient (Wildman–Crippen LogP) is 5.68. The molecule has 0 aliphatic heterocycles. The van der Waals surface area contributed by atoms with Crippen LogP contribution in [0.4, 0.5) is 0 Å². The van der Waals surface area contributed by atoms with Gasteiger partial charge >= 0.3 is 0 Å². The molecule has 0 unspecified atom stereocenters. The lowest BCUT2D eigenvalue weighted by molar-refractivity contribution is 0.959. The fourth-order valence-electron chi connectivity index (χ4n) is 2.11. The first kappa shape index (κ1) is 14.5. The summed E-state index contributed by atoms with van der Waals surface area (Å²) < 4.78 is 0. The molecule has 1 rings (SSSR count). The largest absolute Gasteiger partial charge is 0.0988 e. The van der Waals surface area contributed by atoms with Crippen LogP contribution in [0.5, 0.6) is 0 Å². The lowest BCUT2D eigenvalue weighted by atomic mass is 9.89. The van der Waals surface area contributed by atoms with Gasteiger partial charge in [-0.1, -0.05) is 48.6 Å². The van der Waals surface area contributed by atoms with Gasteiger partial charge < -0.3 is 0 Å². The van der Waals surface area contributed by atoms with Crippen molar-refractivity contribution in [1.82, 2.24) is 0 Å². The summed E-state index contributed by atoms with van der Waals surface area (Å²) in [4.78, 5) is 0. The Morgan fingerprint density at radius 3 is 1.39 bits per heavy atom. The molecular formula is C18H24. The Hall–Kier alpha value is -1.56. The molecule has 0 saturated carbocycles. The molecule has 0 nitrogen and oxygen atoms in total. The van der Waals surface area contributed by atoms with Gasteiger partial charge in [-0.3, -0.25) is 0 Å². The topological polar surface area (TPSA) is 0 Å². The minimum Gasteiger partial charge on any atom is -0.0988 e. The first-order valence-corrected chi connectivity index (χ1v) is 6.51. The highest BCUT2D eigenvalue weighted by atomic mass is 14.1. The second-order valence-electron chi connectivity index (χ2n) is 5.17. The molecule has 96 valence electrons. The molecule has 0 aromatic carbocycles. The normalized spacial score (nSPS) is 22.0. The van der Waals surface area contributed by atoms with Gasteiger partial charge in [0.25, 0.3) is 0 Å². The molecule has 0 fully saturated rings. The van der Waals surface area contributed by atoms with Crippen LogP contribution in [0.2, 0.25) is 0 Å². The zero-order chi connectivity index (χ0) is 13.7. The predicted molar refractivity (Wildman–Crippen MR) is 82.5 cm³/mol. The van der Waals surface area contributed by atoms with Gasteiger partial charge in [-0.15, -0.1) is 0 Å². The number of allylic oxidation sites excluding steroid dienone is 10. The first-order chi connectivity index (χ1) is 8.49. The molecule has 0 heteroatoms. The number of hydrogen-bond acceptors (Lipinski definition) is 0. The monoisotopic (exact) mass is 240 g/mol. The number of rotatable bonds is 2. The average Bonchev–Trinajstić information content (AvgIpc) is 2.28. The molecule has 0 N–H and O–H groups in total. The summed E-state index contributed by atoms with van der Waals surface area (Å²) in [7, 11) is 0. The molecule has 0 radical (unpaired) electrons. The minimum atomic E-state index is 1.04. The van der Waals surface area contributed by atoms with Crippen LogP contribution < -0.4 is 0 Å². The standard InChI is InChI=1S/C18H24/c1-7-15-9-10-16(8-2)12-18(14(5)6)17(11-15)13(3)4/h7-8,11-12H,1-2,9-10H2,3-6H3/b15-11-,16-12-. The Morgan fingerprint density at radius 1 is 0.833 bits per heavy atom. The van der Waals surface area contributed by atoms with Crippen molar-refractivity contribution in [3.63, 3.8) is 0 Å². The van der Waals surface area contributed by atoms with Gasteiger partial charge in [0.05, 0.1) is 0 Å². The summed E-state index contributed by atoms with van der Waals surface area (Å²) in [5.41, 5.74) is 7.93. The Morgan fingerprint density at radius 2 is 1.17 bits per heavy atom. The second kappa shape index (κ2) is 6.39. The number of hydrogen-bond donors (Lipinski definition) is 0. The fraction of sp³-hybridized carbons (Fsp3) is 0.333. The summed E-state index contributed by atoms with van der Waals surface area (Å²) in [6.45, 7) is 16.5. The molecule has 0 aromatic heterocycles. The van der Waals surface area contributed by atoms with Crippen LogP contribution >= 0.6 is 0 Å². The van der Waals surface area contributed by atoms with Gasteiger partial charge in [0.1, 0.15) is 0 Å². The van der Waals surface area contributed by atoms with Gasteiger partial charge in [0, 0.05) is 0 Å². The van der Waals surface area contributed by atoms with E-state index in [4.69, 9.17) is 0 Å². The van der Waals surface area contributed by atoms with Crippen LogP contribution in [0.15, 0.2) is 70.9 Å². The van der Waals surface area contributed by atoms with Gasteiger partial charge in [-0.25, -0.2) is 0 Å². The molecule has 1 aliphatic carbocycles. The van der Waals surface area contributed by atoms with Crippen LogP contribution in [-0.4, -0.2) is 0 Å². The van der Waals surface area contributed by atoms with E-state index in [-0.39, 0.29) is 0 Å². The maximum Gasteiger partial charge on any atom is -0.0195 e. The molecule has 0 aromatic rings. The molecule has 1 aliphatic rings. The lowest BCUT2D eigenvalue weighted by Crippen LogP contribution is -1.97. The smallest absolute Gasteiger partial charge is 0.0195 e. The summed E-state index contributed by atoms with van der Waals surface area (Å²) >= 11 is 0. The van der Waals surface area contributed by atoms with E-state index in [1.165, 1.54) is 33.4 Å². The lowest BCUT2D eigenvalue weighted by Gasteiger charge is -2.16. The second-order valence-corrected chi connectivity index (χ2v) is 5.17. The van der Waals surface area contributed by atoms with Crippen LogP contribution in [0.3, 0.4) is 0 Å². The highest BCUT2D eigenvalue weighted by Gasteiger charge is 2.10. The molecular weight excluding hydrogens is 216 g/mol. The van der Waals surface area contributed by atoms with Crippen molar-refractivity contribution in [2.75, 3.05) is 0 Å². The maximum absolute atomic E-state index is 3.92. The minimum absolute atomic E-state index is 1.04. The van der Waals surface area contributed by atoms with Crippen molar-refractivity contribution in [2.45, 2.75) is 40.5 Å². The van der Waals surface area contributed by atoms with E-state index in [0.717, 1.165) is 12.8 Å². The Balaban J connectivity index is 3.49. The van der Waals surface area contributed by atoms with Crippen LogP contribution in [0.1, 0.15) is 40.5 Å². The quantitative estimate of drug-likeness (QED) is 0.582. The zero-order valence-electron chi connectivity index (χ0n) is 12.1. The van der Waals surface area contributed by atoms with Crippen molar-refractivity contribution in [1.29, 1.82) is 0 Å². The van der Waals surface area contributed by atoms with E-state index >= 15 is 0 Å². The van der Waals surface area contributed by atoms with Gasteiger partial charge in [-0.2, -0.15) is 0 Å². The third-order valence-corrected chi connectivity index (χ3v) is 3.25. The van der Waals surface area contributed by atoms with Crippen molar-refractivity contribution in [3.8, 4) is 0 Å². The molecule has 0 atom stereocenters. The highest BCUT2D eigenvalue weighted by molar-refractivity contribution is 5.55. The average molecular weight is 240 g/mol. The van der Waals surface area contributed by atoms with E-state index < -0.39 is 0 Å². The van der Waals surface area contributed by atoms with Crippen LogP contribution in [0, 0.1) is 0 Å². The van der Waals surface area contributed by atoms with E-state index in [0.29, 0.717) is 0 Å². The third-order valence-electron chi connectivity index (χ3n) is 3.25. The molecule has 0 saturated heterocycles. The molecule has 0 amide bonds. The van der Waals surface area contributed by atoms with Gasteiger partial charge in [0.2, 0.25) is 0 Å². The van der Waals surface area contributed by atoms with Crippen LogP contribution in [0.25, 0.3) is 0 Å². The van der Waals surface area contributed by atoms with E-state index in [1.54, 1.807) is 0 Å². The first-order valence-electron chi connectivity index (χ1n) is 6.51. The maximum atomic E-state index is 3.92. The Labute approximate surface area is 112 Å². The van der Waals surface area contributed by atoms with Crippen molar-refractivity contribution in [3.05, 3.63) is 70.9 Å². The zero-order valence-corrected chi connectivity index (χ0v) is 12.1. The third kappa shape index (κ3) is 3.46. The molecule has 0 bridgehead atoms.